The third-order valence-electron chi connectivity index (χ3n) is 4.65. The summed E-state index contributed by atoms with van der Waals surface area (Å²) in [6.07, 6.45) is 4.23. The standard InChI is InChI=1S/C20H23N3/c1-20(2,3)14-10-8-13(9-11-14)18-15-6-4-5-7-17(15)23-19(22)16(18)12-21/h8-11H,4-7H2,1-3H3,(H2,22,23). The van der Waals surface area contributed by atoms with Crippen LogP contribution >= 0.6 is 0 Å². The molecule has 3 heteroatoms. The Morgan fingerprint density at radius 3 is 2.35 bits per heavy atom. The topological polar surface area (TPSA) is 62.7 Å². The number of aromatic nitrogens is 1. The fourth-order valence-corrected chi connectivity index (χ4v) is 3.33. The van der Waals surface area contributed by atoms with Gasteiger partial charge < -0.3 is 5.73 Å². The highest BCUT2D eigenvalue weighted by Gasteiger charge is 2.22. The molecule has 1 aromatic heterocycles. The van der Waals surface area contributed by atoms with Gasteiger partial charge >= 0.3 is 0 Å². The van der Waals surface area contributed by atoms with Gasteiger partial charge in [-0.25, -0.2) is 4.98 Å². The Kier molecular flexibility index (Phi) is 3.85. The van der Waals surface area contributed by atoms with Crippen molar-refractivity contribution in [2.24, 2.45) is 0 Å². The first kappa shape index (κ1) is 15.6. The van der Waals surface area contributed by atoms with Crippen LogP contribution in [0.15, 0.2) is 24.3 Å². The molecule has 0 saturated heterocycles. The molecule has 0 unspecified atom stereocenters. The lowest BCUT2D eigenvalue weighted by atomic mass is 9.83. The highest BCUT2D eigenvalue weighted by Crippen LogP contribution is 2.36. The number of hydrogen-bond donors (Lipinski definition) is 1. The maximum Gasteiger partial charge on any atom is 0.142 e. The number of aryl methyl sites for hydroxylation is 1. The summed E-state index contributed by atoms with van der Waals surface area (Å²) in [6, 6.07) is 10.8. The van der Waals surface area contributed by atoms with Crippen LogP contribution in [-0.4, -0.2) is 4.98 Å². The summed E-state index contributed by atoms with van der Waals surface area (Å²) in [5, 5.41) is 9.58. The van der Waals surface area contributed by atoms with Crippen molar-refractivity contribution in [2.45, 2.75) is 51.9 Å². The maximum atomic E-state index is 9.58. The summed E-state index contributed by atoms with van der Waals surface area (Å²) in [4.78, 5) is 4.48. The molecule has 3 nitrogen and oxygen atoms in total. The minimum absolute atomic E-state index is 0.118. The number of hydrogen-bond acceptors (Lipinski definition) is 3. The van der Waals surface area contributed by atoms with Gasteiger partial charge in [-0.1, -0.05) is 45.0 Å². The number of anilines is 1. The predicted molar refractivity (Wildman–Crippen MR) is 94.1 cm³/mol. The zero-order chi connectivity index (χ0) is 16.6. The van der Waals surface area contributed by atoms with E-state index in [9.17, 15) is 5.26 Å². The molecule has 118 valence electrons. The molecular formula is C20H23N3. The number of rotatable bonds is 1. The largest absolute Gasteiger partial charge is 0.383 e. The lowest BCUT2D eigenvalue weighted by Gasteiger charge is -2.22. The second-order valence-electron chi connectivity index (χ2n) is 7.32. The van der Waals surface area contributed by atoms with Crippen molar-refractivity contribution >= 4 is 5.82 Å². The number of pyridine rings is 1. The molecule has 1 aliphatic rings. The van der Waals surface area contributed by atoms with Gasteiger partial charge in [0.1, 0.15) is 17.5 Å². The van der Waals surface area contributed by atoms with E-state index >= 15 is 0 Å². The number of nitrogen functional groups attached to an aromatic ring is 1. The molecular weight excluding hydrogens is 282 g/mol. The Morgan fingerprint density at radius 1 is 1.09 bits per heavy atom. The van der Waals surface area contributed by atoms with Gasteiger partial charge in [0.25, 0.3) is 0 Å². The summed E-state index contributed by atoms with van der Waals surface area (Å²) < 4.78 is 0. The van der Waals surface area contributed by atoms with Crippen LogP contribution in [0.25, 0.3) is 11.1 Å². The van der Waals surface area contributed by atoms with Gasteiger partial charge in [-0.3, -0.25) is 0 Å². The summed E-state index contributed by atoms with van der Waals surface area (Å²) in [5.41, 5.74) is 12.3. The van der Waals surface area contributed by atoms with Crippen molar-refractivity contribution in [1.82, 2.24) is 4.98 Å². The molecule has 3 rings (SSSR count). The van der Waals surface area contributed by atoms with Crippen molar-refractivity contribution in [1.29, 1.82) is 5.26 Å². The summed E-state index contributed by atoms with van der Waals surface area (Å²) in [7, 11) is 0. The molecule has 0 radical (unpaired) electrons. The first-order valence-electron chi connectivity index (χ1n) is 8.24. The Bertz CT molecular complexity index is 775. The zero-order valence-corrected chi connectivity index (χ0v) is 14.1. The predicted octanol–water partition coefficient (Wildman–Crippen LogP) is 4.38. The number of nitrogens with zero attached hydrogens (tertiary/aromatic N) is 2. The van der Waals surface area contributed by atoms with E-state index in [1.54, 1.807) is 0 Å². The van der Waals surface area contributed by atoms with Crippen LogP contribution in [0.1, 0.15) is 56.0 Å². The quantitative estimate of drug-likeness (QED) is 0.850. The van der Waals surface area contributed by atoms with Gasteiger partial charge in [0.2, 0.25) is 0 Å². The van der Waals surface area contributed by atoms with E-state index in [1.165, 1.54) is 11.1 Å². The molecule has 1 heterocycles. The maximum absolute atomic E-state index is 9.58. The van der Waals surface area contributed by atoms with Crippen molar-refractivity contribution in [2.75, 3.05) is 5.73 Å². The Hall–Kier alpha value is -2.34. The van der Waals surface area contributed by atoms with Crippen LogP contribution in [-0.2, 0) is 18.3 Å². The molecule has 0 bridgehead atoms. The van der Waals surface area contributed by atoms with E-state index in [2.05, 4.69) is 56.1 Å². The van der Waals surface area contributed by atoms with Crippen LogP contribution in [0.3, 0.4) is 0 Å². The normalized spacial score (nSPS) is 14.2. The summed E-state index contributed by atoms with van der Waals surface area (Å²) >= 11 is 0. The van der Waals surface area contributed by atoms with Gasteiger partial charge in [0, 0.05) is 11.3 Å². The molecule has 2 aromatic rings. The Morgan fingerprint density at radius 2 is 1.74 bits per heavy atom. The fraction of sp³-hybridized carbons (Fsp3) is 0.400. The minimum atomic E-state index is 0.118. The molecule has 0 fully saturated rings. The molecule has 0 spiro atoms. The van der Waals surface area contributed by atoms with E-state index in [1.807, 2.05) is 0 Å². The van der Waals surface area contributed by atoms with Crippen molar-refractivity contribution in [3.63, 3.8) is 0 Å². The molecule has 0 aliphatic heterocycles. The molecule has 23 heavy (non-hydrogen) atoms. The lowest BCUT2D eigenvalue weighted by molar-refractivity contribution is 0.590. The van der Waals surface area contributed by atoms with Gasteiger partial charge in [-0.15, -0.1) is 0 Å². The van der Waals surface area contributed by atoms with Gasteiger partial charge in [-0.2, -0.15) is 5.26 Å². The Balaban J connectivity index is 2.19. The molecule has 0 amide bonds. The van der Waals surface area contributed by atoms with E-state index in [-0.39, 0.29) is 5.41 Å². The number of nitrogens with two attached hydrogens (primary N) is 1. The minimum Gasteiger partial charge on any atom is -0.383 e. The monoisotopic (exact) mass is 305 g/mol. The third kappa shape index (κ3) is 2.82. The van der Waals surface area contributed by atoms with E-state index in [0.29, 0.717) is 11.4 Å². The molecule has 1 aromatic carbocycles. The number of benzene rings is 1. The number of fused-ring (bicyclic) bond motifs is 1. The average Bonchev–Trinajstić information content (AvgIpc) is 2.53. The smallest absolute Gasteiger partial charge is 0.142 e. The summed E-state index contributed by atoms with van der Waals surface area (Å²) in [6.45, 7) is 6.61. The van der Waals surface area contributed by atoms with E-state index < -0.39 is 0 Å². The van der Waals surface area contributed by atoms with Crippen LogP contribution < -0.4 is 5.73 Å². The average molecular weight is 305 g/mol. The third-order valence-corrected chi connectivity index (χ3v) is 4.65. The first-order valence-corrected chi connectivity index (χ1v) is 8.24. The SMILES string of the molecule is CC(C)(C)c1ccc(-c2c(C#N)c(N)nc3c2CCCC3)cc1. The summed E-state index contributed by atoms with van der Waals surface area (Å²) in [5.74, 6) is 0.364. The zero-order valence-electron chi connectivity index (χ0n) is 14.1. The van der Waals surface area contributed by atoms with E-state index in [4.69, 9.17) is 5.73 Å². The van der Waals surface area contributed by atoms with Crippen LogP contribution in [0.5, 0.6) is 0 Å². The molecule has 1 aliphatic carbocycles. The molecule has 0 saturated carbocycles. The van der Waals surface area contributed by atoms with Gasteiger partial charge in [-0.05, 0) is 47.8 Å². The second kappa shape index (κ2) is 5.70. The highest BCUT2D eigenvalue weighted by molar-refractivity contribution is 5.79. The Labute approximate surface area is 138 Å². The second-order valence-corrected chi connectivity index (χ2v) is 7.32. The molecule has 2 N–H and O–H groups in total. The van der Waals surface area contributed by atoms with Crippen LogP contribution in [0, 0.1) is 11.3 Å². The van der Waals surface area contributed by atoms with Gasteiger partial charge in [0.05, 0.1) is 0 Å². The lowest BCUT2D eigenvalue weighted by Crippen LogP contribution is -2.12. The van der Waals surface area contributed by atoms with Crippen molar-refractivity contribution in [3.8, 4) is 17.2 Å². The van der Waals surface area contributed by atoms with Crippen molar-refractivity contribution < 1.29 is 0 Å². The van der Waals surface area contributed by atoms with Crippen molar-refractivity contribution in [3.05, 3.63) is 46.6 Å². The van der Waals surface area contributed by atoms with E-state index in [0.717, 1.165) is 42.5 Å². The highest BCUT2D eigenvalue weighted by atomic mass is 14.9. The van der Waals surface area contributed by atoms with Crippen LogP contribution in [0.4, 0.5) is 5.82 Å². The van der Waals surface area contributed by atoms with Gasteiger partial charge in [0.15, 0.2) is 0 Å². The first-order chi connectivity index (χ1) is 10.9. The fourth-order valence-electron chi connectivity index (χ4n) is 3.33. The van der Waals surface area contributed by atoms with Crippen LogP contribution in [0.2, 0.25) is 0 Å². The molecule has 0 atom stereocenters. The number of nitriles is 1.